The van der Waals surface area contributed by atoms with Crippen LogP contribution in [0.2, 0.25) is 0 Å². The highest BCUT2D eigenvalue weighted by atomic mass is 79.9. The van der Waals surface area contributed by atoms with Gasteiger partial charge in [-0.05, 0) is 28.9 Å². The molecule has 1 fully saturated rings. The van der Waals surface area contributed by atoms with Gasteiger partial charge in [-0.25, -0.2) is 4.39 Å². The maximum atomic E-state index is 13.4. The zero-order valence-electron chi connectivity index (χ0n) is 9.70. The predicted octanol–water partition coefficient (Wildman–Crippen LogP) is 3.07. The smallest absolute Gasteiger partial charge is 0.136 e. The summed E-state index contributed by atoms with van der Waals surface area (Å²) in [6.45, 7) is 3.16. The van der Waals surface area contributed by atoms with E-state index in [2.05, 4.69) is 15.9 Å². The van der Waals surface area contributed by atoms with Gasteiger partial charge >= 0.3 is 0 Å². The second-order valence-corrected chi connectivity index (χ2v) is 4.74. The number of hydrogen-bond donors (Lipinski definition) is 0. The van der Waals surface area contributed by atoms with Crippen LogP contribution in [-0.2, 0) is 9.47 Å². The fraction of sp³-hybridized carbons (Fsp3) is 0.500. The maximum Gasteiger partial charge on any atom is 0.136 e. The Hall–Kier alpha value is -0.650. The summed E-state index contributed by atoms with van der Waals surface area (Å²) in [6, 6.07) is 2.79. The first kappa shape index (κ1) is 12.8. The van der Waals surface area contributed by atoms with Crippen molar-refractivity contribution in [3.05, 3.63) is 28.0 Å². The van der Waals surface area contributed by atoms with Gasteiger partial charge in [-0.15, -0.1) is 0 Å². The standard InChI is InChI=1S/C12H14BrFO3/c1-7(16-5-9-6-17-9)10-3-8(14)4-11(15-2)12(10)13/h3-4,7,9H,5-6H2,1-2H3/t7-,9+/m1/s1. The monoisotopic (exact) mass is 304 g/mol. The summed E-state index contributed by atoms with van der Waals surface area (Å²) in [5.74, 6) is 0.135. The van der Waals surface area contributed by atoms with E-state index in [1.807, 2.05) is 6.92 Å². The van der Waals surface area contributed by atoms with E-state index in [1.54, 1.807) is 0 Å². The summed E-state index contributed by atoms with van der Waals surface area (Å²) >= 11 is 3.40. The van der Waals surface area contributed by atoms with Gasteiger partial charge in [-0.1, -0.05) is 0 Å². The fourth-order valence-electron chi connectivity index (χ4n) is 1.53. The molecule has 3 nitrogen and oxygen atoms in total. The molecule has 0 aromatic heterocycles. The first-order chi connectivity index (χ1) is 8.11. The van der Waals surface area contributed by atoms with Gasteiger partial charge in [0.25, 0.3) is 0 Å². The zero-order valence-corrected chi connectivity index (χ0v) is 11.3. The second kappa shape index (κ2) is 5.33. The van der Waals surface area contributed by atoms with Gasteiger partial charge in [-0.2, -0.15) is 0 Å². The Morgan fingerprint density at radius 3 is 2.88 bits per heavy atom. The molecular weight excluding hydrogens is 291 g/mol. The van der Waals surface area contributed by atoms with Crippen molar-refractivity contribution < 1.29 is 18.6 Å². The third-order valence-electron chi connectivity index (χ3n) is 2.62. The lowest BCUT2D eigenvalue weighted by atomic mass is 10.1. The molecule has 0 unspecified atom stereocenters. The van der Waals surface area contributed by atoms with Crippen molar-refractivity contribution >= 4 is 15.9 Å². The summed E-state index contributed by atoms with van der Waals surface area (Å²) in [5.41, 5.74) is 0.738. The Bertz CT molecular complexity index is 407. The van der Waals surface area contributed by atoms with Crippen molar-refractivity contribution in [3.8, 4) is 5.75 Å². The molecule has 0 amide bonds. The van der Waals surface area contributed by atoms with Gasteiger partial charge < -0.3 is 14.2 Å². The van der Waals surface area contributed by atoms with Crippen LogP contribution in [0.25, 0.3) is 0 Å². The van der Waals surface area contributed by atoms with Crippen LogP contribution in [0.5, 0.6) is 5.75 Å². The van der Waals surface area contributed by atoms with Crippen molar-refractivity contribution in [1.82, 2.24) is 0 Å². The fourth-order valence-corrected chi connectivity index (χ4v) is 2.25. The zero-order chi connectivity index (χ0) is 12.4. The molecule has 2 atom stereocenters. The lowest BCUT2D eigenvalue weighted by Crippen LogP contribution is -2.07. The lowest BCUT2D eigenvalue weighted by molar-refractivity contribution is 0.0532. The van der Waals surface area contributed by atoms with Crippen LogP contribution >= 0.6 is 15.9 Å². The van der Waals surface area contributed by atoms with Crippen LogP contribution in [-0.4, -0.2) is 26.4 Å². The Balaban J connectivity index is 2.14. The van der Waals surface area contributed by atoms with Crippen molar-refractivity contribution in [3.63, 3.8) is 0 Å². The Morgan fingerprint density at radius 1 is 1.59 bits per heavy atom. The van der Waals surface area contributed by atoms with E-state index in [4.69, 9.17) is 14.2 Å². The molecule has 5 heteroatoms. The molecule has 0 spiro atoms. The predicted molar refractivity (Wildman–Crippen MR) is 64.8 cm³/mol. The second-order valence-electron chi connectivity index (χ2n) is 3.94. The van der Waals surface area contributed by atoms with E-state index in [1.165, 1.54) is 19.2 Å². The van der Waals surface area contributed by atoms with Crippen LogP contribution in [0.3, 0.4) is 0 Å². The molecule has 17 heavy (non-hydrogen) atoms. The largest absolute Gasteiger partial charge is 0.495 e. The van der Waals surface area contributed by atoms with Crippen molar-refractivity contribution in [2.24, 2.45) is 0 Å². The molecule has 1 aromatic rings. The highest BCUT2D eigenvalue weighted by Crippen LogP contribution is 2.35. The molecular formula is C12H14BrFO3. The maximum absolute atomic E-state index is 13.4. The quantitative estimate of drug-likeness (QED) is 0.783. The highest BCUT2D eigenvalue weighted by molar-refractivity contribution is 9.10. The molecule has 0 saturated carbocycles. The van der Waals surface area contributed by atoms with Crippen LogP contribution in [0.4, 0.5) is 4.39 Å². The van der Waals surface area contributed by atoms with E-state index in [-0.39, 0.29) is 18.0 Å². The number of halogens is 2. The number of ether oxygens (including phenoxy) is 3. The molecule has 1 saturated heterocycles. The van der Waals surface area contributed by atoms with Crippen LogP contribution in [0.15, 0.2) is 16.6 Å². The van der Waals surface area contributed by atoms with Crippen molar-refractivity contribution in [2.75, 3.05) is 20.3 Å². The van der Waals surface area contributed by atoms with Crippen molar-refractivity contribution in [2.45, 2.75) is 19.1 Å². The van der Waals surface area contributed by atoms with E-state index < -0.39 is 0 Å². The molecule has 1 aromatic carbocycles. The lowest BCUT2D eigenvalue weighted by Gasteiger charge is -2.16. The van der Waals surface area contributed by atoms with Crippen LogP contribution < -0.4 is 4.74 Å². The average molecular weight is 305 g/mol. The molecule has 2 rings (SSSR count). The molecule has 0 aliphatic carbocycles. The molecule has 0 N–H and O–H groups in total. The molecule has 1 aliphatic rings. The first-order valence-electron chi connectivity index (χ1n) is 5.38. The van der Waals surface area contributed by atoms with Crippen LogP contribution in [0, 0.1) is 5.82 Å². The molecule has 1 heterocycles. The first-order valence-corrected chi connectivity index (χ1v) is 6.17. The Morgan fingerprint density at radius 2 is 2.29 bits per heavy atom. The highest BCUT2D eigenvalue weighted by Gasteiger charge is 2.24. The minimum absolute atomic E-state index is 0.201. The van der Waals surface area contributed by atoms with Gasteiger partial charge in [0.1, 0.15) is 17.7 Å². The van der Waals surface area contributed by atoms with Crippen LogP contribution in [0.1, 0.15) is 18.6 Å². The van der Waals surface area contributed by atoms with Gasteiger partial charge in [0.2, 0.25) is 0 Å². The number of hydrogen-bond acceptors (Lipinski definition) is 3. The van der Waals surface area contributed by atoms with Gasteiger partial charge in [0, 0.05) is 11.6 Å². The van der Waals surface area contributed by atoms with E-state index >= 15 is 0 Å². The Labute approximate surface area is 108 Å². The summed E-state index contributed by atoms with van der Waals surface area (Å²) in [4.78, 5) is 0. The van der Waals surface area contributed by atoms with Gasteiger partial charge in [0.05, 0.1) is 30.9 Å². The number of methoxy groups -OCH3 is 1. The minimum Gasteiger partial charge on any atom is -0.495 e. The summed E-state index contributed by atoms with van der Waals surface area (Å²) < 4.78 is 29.9. The SMILES string of the molecule is COc1cc(F)cc([C@@H](C)OC[C@H]2CO2)c1Br. The Kier molecular flexibility index (Phi) is 4.01. The third-order valence-corrected chi connectivity index (χ3v) is 3.47. The molecule has 0 radical (unpaired) electrons. The molecule has 94 valence electrons. The topological polar surface area (TPSA) is 31.0 Å². The average Bonchev–Trinajstić information content (AvgIpc) is 3.12. The van der Waals surface area contributed by atoms with Gasteiger partial charge in [0.15, 0.2) is 0 Å². The van der Waals surface area contributed by atoms with Gasteiger partial charge in [-0.3, -0.25) is 0 Å². The summed E-state index contributed by atoms with van der Waals surface area (Å²) in [7, 11) is 1.51. The summed E-state index contributed by atoms with van der Waals surface area (Å²) in [5, 5.41) is 0. The summed E-state index contributed by atoms with van der Waals surface area (Å²) in [6.07, 6.45) is -0.00939. The molecule has 1 aliphatic heterocycles. The number of rotatable bonds is 5. The van der Waals surface area contributed by atoms with E-state index in [0.29, 0.717) is 12.4 Å². The minimum atomic E-state index is -0.335. The third kappa shape index (κ3) is 3.18. The molecule has 0 bridgehead atoms. The number of benzene rings is 1. The van der Waals surface area contributed by atoms with Crippen molar-refractivity contribution in [1.29, 1.82) is 0 Å². The van der Waals surface area contributed by atoms with E-state index in [0.717, 1.165) is 16.6 Å². The van der Waals surface area contributed by atoms with E-state index in [9.17, 15) is 4.39 Å². The number of epoxide rings is 1. The normalized spacial score (nSPS) is 20.1.